The van der Waals surface area contributed by atoms with Crippen molar-refractivity contribution < 1.29 is 0 Å². The zero-order valence-electron chi connectivity index (χ0n) is 11.7. The van der Waals surface area contributed by atoms with Gasteiger partial charge in [0.05, 0.1) is 6.54 Å². The lowest BCUT2D eigenvalue weighted by molar-refractivity contribution is 0.590. The molecule has 1 aliphatic rings. The summed E-state index contributed by atoms with van der Waals surface area (Å²) in [5, 5.41) is 2.14. The SMILES string of the molecule is c1csc(Cn2c(C3CCCSC3)nc3cccnc32)c1. The largest absolute Gasteiger partial charge is 0.307 e. The van der Waals surface area contributed by atoms with Crippen LogP contribution in [0.5, 0.6) is 0 Å². The Morgan fingerprint density at radius 2 is 2.29 bits per heavy atom. The van der Waals surface area contributed by atoms with Gasteiger partial charge in [-0.1, -0.05) is 6.07 Å². The molecule has 3 nitrogen and oxygen atoms in total. The van der Waals surface area contributed by atoms with Crippen LogP contribution >= 0.6 is 23.1 Å². The summed E-state index contributed by atoms with van der Waals surface area (Å²) in [6, 6.07) is 8.36. The number of fused-ring (bicyclic) bond motifs is 1. The number of nitrogens with zero attached hydrogens (tertiary/aromatic N) is 3. The molecular formula is C16H17N3S2. The molecule has 3 aromatic heterocycles. The summed E-state index contributed by atoms with van der Waals surface area (Å²) in [6.07, 6.45) is 4.42. The second-order valence-electron chi connectivity index (χ2n) is 5.40. The molecule has 3 aromatic rings. The van der Waals surface area contributed by atoms with Gasteiger partial charge in [0.15, 0.2) is 5.65 Å². The van der Waals surface area contributed by atoms with E-state index in [-0.39, 0.29) is 0 Å². The summed E-state index contributed by atoms with van der Waals surface area (Å²) >= 11 is 3.86. The lowest BCUT2D eigenvalue weighted by atomic mass is 10.0. The minimum Gasteiger partial charge on any atom is -0.307 e. The molecule has 1 fully saturated rings. The average Bonchev–Trinajstić information content (AvgIpc) is 3.17. The summed E-state index contributed by atoms with van der Waals surface area (Å²) in [4.78, 5) is 10.8. The first kappa shape index (κ1) is 13.3. The van der Waals surface area contributed by atoms with E-state index in [2.05, 4.69) is 44.9 Å². The third kappa shape index (κ3) is 2.60. The van der Waals surface area contributed by atoms with E-state index < -0.39 is 0 Å². The second kappa shape index (κ2) is 5.81. The van der Waals surface area contributed by atoms with Crippen LogP contribution < -0.4 is 0 Å². The molecule has 4 heterocycles. The molecule has 1 atom stereocenters. The molecule has 1 aliphatic heterocycles. The van der Waals surface area contributed by atoms with Crippen LogP contribution in [0.25, 0.3) is 11.2 Å². The van der Waals surface area contributed by atoms with E-state index in [1.165, 1.54) is 35.0 Å². The molecule has 0 aromatic carbocycles. The van der Waals surface area contributed by atoms with Gasteiger partial charge in [-0.2, -0.15) is 11.8 Å². The third-order valence-corrected chi connectivity index (χ3v) is 6.03. The predicted molar refractivity (Wildman–Crippen MR) is 90.2 cm³/mol. The minimum absolute atomic E-state index is 0.568. The van der Waals surface area contributed by atoms with Crippen molar-refractivity contribution in [3.8, 4) is 0 Å². The minimum atomic E-state index is 0.568. The van der Waals surface area contributed by atoms with Crippen LogP contribution in [0.2, 0.25) is 0 Å². The predicted octanol–water partition coefficient (Wildman–Crippen LogP) is 4.15. The van der Waals surface area contributed by atoms with Gasteiger partial charge in [-0.3, -0.25) is 0 Å². The van der Waals surface area contributed by atoms with Gasteiger partial charge in [0, 0.05) is 22.7 Å². The number of imidazole rings is 1. The Morgan fingerprint density at radius 1 is 1.29 bits per heavy atom. The number of thiophene rings is 1. The Morgan fingerprint density at radius 3 is 3.10 bits per heavy atom. The van der Waals surface area contributed by atoms with Gasteiger partial charge in [0.2, 0.25) is 0 Å². The molecule has 0 amide bonds. The molecule has 0 N–H and O–H groups in total. The molecule has 0 bridgehead atoms. The third-order valence-electron chi connectivity index (χ3n) is 3.95. The monoisotopic (exact) mass is 315 g/mol. The maximum atomic E-state index is 4.91. The normalized spacial score (nSPS) is 19.1. The number of aromatic nitrogens is 3. The van der Waals surface area contributed by atoms with Gasteiger partial charge in [-0.15, -0.1) is 11.3 Å². The first-order valence-corrected chi connectivity index (χ1v) is 9.36. The molecule has 1 saturated heterocycles. The molecule has 1 unspecified atom stereocenters. The van der Waals surface area contributed by atoms with Crippen molar-refractivity contribution in [2.75, 3.05) is 11.5 Å². The zero-order chi connectivity index (χ0) is 14.1. The fraction of sp³-hybridized carbons (Fsp3) is 0.375. The first-order chi connectivity index (χ1) is 10.4. The number of hydrogen-bond donors (Lipinski definition) is 0. The van der Waals surface area contributed by atoms with Crippen molar-refractivity contribution >= 4 is 34.3 Å². The van der Waals surface area contributed by atoms with Crippen molar-refractivity contribution in [3.05, 3.63) is 46.5 Å². The molecular weight excluding hydrogens is 298 g/mol. The second-order valence-corrected chi connectivity index (χ2v) is 7.58. The summed E-state index contributed by atoms with van der Waals surface area (Å²) in [7, 11) is 0. The molecule has 0 aliphatic carbocycles. The molecule has 108 valence electrons. The van der Waals surface area contributed by atoms with E-state index in [0.29, 0.717) is 5.92 Å². The molecule has 0 radical (unpaired) electrons. The Bertz CT molecular complexity index is 727. The number of hydrogen-bond acceptors (Lipinski definition) is 4. The van der Waals surface area contributed by atoms with E-state index in [4.69, 9.17) is 4.98 Å². The molecule has 5 heteroatoms. The van der Waals surface area contributed by atoms with Crippen molar-refractivity contribution in [2.45, 2.75) is 25.3 Å². The molecule has 4 rings (SSSR count). The summed E-state index contributed by atoms with van der Waals surface area (Å²) in [6.45, 7) is 0.891. The highest BCUT2D eigenvalue weighted by molar-refractivity contribution is 7.99. The Balaban J connectivity index is 1.80. The lowest BCUT2D eigenvalue weighted by Crippen LogP contribution is -2.15. The van der Waals surface area contributed by atoms with Gasteiger partial charge < -0.3 is 4.57 Å². The van der Waals surface area contributed by atoms with Crippen LogP contribution in [-0.2, 0) is 6.54 Å². The van der Waals surface area contributed by atoms with Crippen LogP contribution in [0.15, 0.2) is 35.8 Å². The zero-order valence-corrected chi connectivity index (χ0v) is 13.4. The highest BCUT2D eigenvalue weighted by Crippen LogP contribution is 2.32. The highest BCUT2D eigenvalue weighted by atomic mass is 32.2. The van der Waals surface area contributed by atoms with Gasteiger partial charge >= 0.3 is 0 Å². The van der Waals surface area contributed by atoms with Crippen LogP contribution in [0, 0.1) is 0 Å². The Kier molecular flexibility index (Phi) is 3.69. The quantitative estimate of drug-likeness (QED) is 0.727. The fourth-order valence-electron chi connectivity index (χ4n) is 2.95. The van der Waals surface area contributed by atoms with E-state index in [1.54, 1.807) is 11.3 Å². The molecule has 21 heavy (non-hydrogen) atoms. The van der Waals surface area contributed by atoms with E-state index in [9.17, 15) is 0 Å². The lowest BCUT2D eigenvalue weighted by Gasteiger charge is -2.21. The molecule has 0 spiro atoms. The van der Waals surface area contributed by atoms with E-state index in [1.807, 2.05) is 12.3 Å². The van der Waals surface area contributed by atoms with Gasteiger partial charge in [-0.25, -0.2) is 9.97 Å². The highest BCUT2D eigenvalue weighted by Gasteiger charge is 2.23. The van der Waals surface area contributed by atoms with Crippen molar-refractivity contribution in [1.29, 1.82) is 0 Å². The van der Waals surface area contributed by atoms with Crippen LogP contribution in [-0.4, -0.2) is 26.0 Å². The summed E-state index contributed by atoms with van der Waals surface area (Å²) in [5.41, 5.74) is 2.05. The number of pyridine rings is 1. The average molecular weight is 315 g/mol. The summed E-state index contributed by atoms with van der Waals surface area (Å²) in [5.74, 6) is 4.27. The topological polar surface area (TPSA) is 30.7 Å². The van der Waals surface area contributed by atoms with Crippen molar-refractivity contribution in [2.24, 2.45) is 0 Å². The Labute approximate surface area is 132 Å². The molecule has 0 saturated carbocycles. The maximum Gasteiger partial charge on any atom is 0.160 e. The van der Waals surface area contributed by atoms with Crippen LogP contribution in [0.3, 0.4) is 0 Å². The Hall–Kier alpha value is -1.33. The van der Waals surface area contributed by atoms with Crippen molar-refractivity contribution in [1.82, 2.24) is 14.5 Å². The maximum absolute atomic E-state index is 4.91. The summed E-state index contributed by atoms with van der Waals surface area (Å²) < 4.78 is 2.33. The standard InChI is InChI=1S/C16H17N3S2/c1-6-14-16(17-7-1)19(10-13-5-3-9-21-13)15(18-14)12-4-2-8-20-11-12/h1,3,5-7,9,12H,2,4,8,10-11H2. The van der Waals surface area contributed by atoms with Crippen molar-refractivity contribution in [3.63, 3.8) is 0 Å². The fourth-order valence-corrected chi connectivity index (χ4v) is 4.78. The first-order valence-electron chi connectivity index (χ1n) is 7.33. The van der Waals surface area contributed by atoms with Gasteiger partial charge in [-0.05, 0) is 42.2 Å². The van der Waals surface area contributed by atoms with Crippen LogP contribution in [0.1, 0.15) is 29.5 Å². The smallest absolute Gasteiger partial charge is 0.160 e. The number of rotatable bonds is 3. The number of thioether (sulfide) groups is 1. The van der Waals surface area contributed by atoms with Gasteiger partial charge in [0.25, 0.3) is 0 Å². The van der Waals surface area contributed by atoms with E-state index in [0.717, 1.165) is 17.7 Å². The van der Waals surface area contributed by atoms with Gasteiger partial charge in [0.1, 0.15) is 11.3 Å². The van der Waals surface area contributed by atoms with E-state index >= 15 is 0 Å². The van der Waals surface area contributed by atoms with Crippen LogP contribution in [0.4, 0.5) is 0 Å².